The Balaban J connectivity index is 2.25. The van der Waals surface area contributed by atoms with Crippen molar-refractivity contribution < 1.29 is 14.3 Å². The molecule has 0 atom stereocenters. The van der Waals surface area contributed by atoms with Gasteiger partial charge >= 0.3 is 0 Å². The molecule has 140 valence electrons. The lowest BCUT2D eigenvalue weighted by molar-refractivity contribution is -0.112. The van der Waals surface area contributed by atoms with Crippen LogP contribution in [0.3, 0.4) is 0 Å². The minimum atomic E-state index is -0.533. The molecule has 0 saturated heterocycles. The molecule has 0 aliphatic carbocycles. The molecule has 1 amide bonds. The maximum Gasteiger partial charge on any atom is 0.266 e. The molecule has 0 heterocycles. The Morgan fingerprint density at radius 2 is 1.96 bits per heavy atom. The van der Waals surface area contributed by atoms with E-state index < -0.39 is 5.91 Å². The predicted octanol–water partition coefficient (Wildman–Crippen LogP) is 5.07. The second-order valence-corrected chi connectivity index (χ2v) is 6.00. The monoisotopic (exact) mass is 384 g/mol. The number of hydrogen-bond donors (Lipinski definition) is 1. The molecule has 2 aromatic carbocycles. The summed E-state index contributed by atoms with van der Waals surface area (Å²) >= 11 is 6.04. The second-order valence-electron chi connectivity index (χ2n) is 5.59. The number of benzene rings is 2. The molecule has 0 aliphatic heterocycles. The van der Waals surface area contributed by atoms with E-state index in [1.807, 2.05) is 19.9 Å². The number of carbonyl (C=O) groups excluding carboxylic acids is 1. The number of nitrogens with one attached hydrogen (secondary N) is 1. The lowest BCUT2D eigenvalue weighted by atomic mass is 10.1. The highest BCUT2D eigenvalue weighted by atomic mass is 35.5. The first-order valence-corrected chi connectivity index (χ1v) is 9.04. The average molecular weight is 385 g/mol. The van der Waals surface area contributed by atoms with Crippen molar-refractivity contribution in [3.63, 3.8) is 0 Å². The van der Waals surface area contributed by atoms with E-state index in [-0.39, 0.29) is 5.57 Å². The fraction of sp³-hybridized carbons (Fsp3) is 0.238. The fourth-order valence-corrected chi connectivity index (χ4v) is 2.46. The average Bonchev–Trinajstić information content (AvgIpc) is 2.67. The Kier molecular flexibility index (Phi) is 7.72. The van der Waals surface area contributed by atoms with Crippen molar-refractivity contribution in [2.45, 2.75) is 20.3 Å². The van der Waals surface area contributed by atoms with Gasteiger partial charge in [-0.25, -0.2) is 0 Å². The molecule has 0 bridgehead atoms. The summed E-state index contributed by atoms with van der Waals surface area (Å²) in [6.07, 6.45) is 2.38. The first-order valence-electron chi connectivity index (χ1n) is 8.66. The molecule has 0 saturated carbocycles. The summed E-state index contributed by atoms with van der Waals surface area (Å²) < 4.78 is 11.3. The Morgan fingerprint density at radius 3 is 2.63 bits per heavy atom. The number of rotatable bonds is 8. The van der Waals surface area contributed by atoms with Gasteiger partial charge in [0, 0.05) is 0 Å². The number of halogens is 1. The highest BCUT2D eigenvalue weighted by Crippen LogP contribution is 2.30. The third-order valence-corrected chi connectivity index (χ3v) is 3.86. The number of amides is 1. The Bertz CT molecular complexity index is 872. The molecule has 0 fully saturated rings. The van der Waals surface area contributed by atoms with Crippen molar-refractivity contribution in [2.24, 2.45) is 0 Å². The summed E-state index contributed by atoms with van der Waals surface area (Å²) in [4.78, 5) is 12.4. The number of anilines is 1. The van der Waals surface area contributed by atoms with Crippen LogP contribution in [0, 0.1) is 11.3 Å². The molecule has 0 aromatic heterocycles. The third kappa shape index (κ3) is 5.77. The maximum atomic E-state index is 12.4. The van der Waals surface area contributed by atoms with Gasteiger partial charge < -0.3 is 14.8 Å². The molecule has 27 heavy (non-hydrogen) atoms. The summed E-state index contributed by atoms with van der Waals surface area (Å²) in [5, 5.41) is 12.4. The van der Waals surface area contributed by atoms with E-state index in [0.29, 0.717) is 41.0 Å². The van der Waals surface area contributed by atoms with Crippen LogP contribution in [0.4, 0.5) is 5.69 Å². The topological polar surface area (TPSA) is 71.3 Å². The zero-order valence-corrected chi connectivity index (χ0v) is 16.0. The van der Waals surface area contributed by atoms with Crippen LogP contribution < -0.4 is 14.8 Å². The van der Waals surface area contributed by atoms with E-state index in [2.05, 4.69) is 5.32 Å². The standard InChI is InChI=1S/C21H21ClN2O3/c1-3-11-27-19-10-9-15(13-20(19)26-4-2)12-16(14-23)21(25)24-18-8-6-5-7-17(18)22/h5-10,12-13H,3-4,11H2,1-2H3,(H,24,25)/b16-12+. The van der Waals surface area contributed by atoms with Gasteiger partial charge in [0.15, 0.2) is 11.5 Å². The zero-order valence-electron chi connectivity index (χ0n) is 15.3. The molecular formula is C21H21ClN2O3. The molecular weight excluding hydrogens is 364 g/mol. The molecule has 2 aromatic rings. The van der Waals surface area contributed by atoms with Crippen molar-refractivity contribution in [1.29, 1.82) is 5.26 Å². The van der Waals surface area contributed by atoms with Gasteiger partial charge in [-0.05, 0) is 49.2 Å². The van der Waals surface area contributed by atoms with Crippen LogP contribution in [0.5, 0.6) is 11.5 Å². The van der Waals surface area contributed by atoms with E-state index in [1.54, 1.807) is 42.5 Å². The van der Waals surface area contributed by atoms with Crippen LogP contribution in [0.15, 0.2) is 48.0 Å². The van der Waals surface area contributed by atoms with Crippen LogP contribution in [-0.2, 0) is 4.79 Å². The number of nitriles is 1. The molecule has 5 nitrogen and oxygen atoms in total. The number of nitrogens with zero attached hydrogens (tertiary/aromatic N) is 1. The molecule has 2 rings (SSSR count). The summed E-state index contributed by atoms with van der Waals surface area (Å²) in [7, 11) is 0. The van der Waals surface area contributed by atoms with E-state index in [4.69, 9.17) is 21.1 Å². The quantitative estimate of drug-likeness (QED) is 0.509. The van der Waals surface area contributed by atoms with Crippen LogP contribution in [0.1, 0.15) is 25.8 Å². The Labute approximate surface area is 164 Å². The smallest absolute Gasteiger partial charge is 0.266 e. The minimum absolute atomic E-state index is 0.0420. The van der Waals surface area contributed by atoms with Crippen molar-refractivity contribution in [3.05, 3.63) is 58.6 Å². The Morgan fingerprint density at radius 1 is 1.19 bits per heavy atom. The number of ether oxygens (including phenoxy) is 2. The number of para-hydroxylation sites is 1. The minimum Gasteiger partial charge on any atom is -0.490 e. The summed E-state index contributed by atoms with van der Waals surface area (Å²) in [6.45, 7) is 4.96. The van der Waals surface area contributed by atoms with Gasteiger partial charge in [0.05, 0.1) is 23.9 Å². The highest BCUT2D eigenvalue weighted by molar-refractivity contribution is 6.34. The fourth-order valence-electron chi connectivity index (χ4n) is 2.28. The van der Waals surface area contributed by atoms with Crippen molar-refractivity contribution in [2.75, 3.05) is 18.5 Å². The maximum absolute atomic E-state index is 12.4. The largest absolute Gasteiger partial charge is 0.490 e. The SMILES string of the molecule is CCCOc1ccc(/C=C(\C#N)C(=O)Nc2ccccc2Cl)cc1OCC. The van der Waals surface area contributed by atoms with Gasteiger partial charge in [-0.2, -0.15) is 5.26 Å². The molecule has 0 radical (unpaired) electrons. The molecule has 0 spiro atoms. The third-order valence-electron chi connectivity index (χ3n) is 3.53. The van der Waals surface area contributed by atoms with Gasteiger partial charge in [0.1, 0.15) is 11.6 Å². The number of hydrogen-bond acceptors (Lipinski definition) is 4. The molecule has 0 aliphatic rings. The van der Waals surface area contributed by atoms with Crippen LogP contribution in [0.25, 0.3) is 6.08 Å². The second kappa shape index (κ2) is 10.2. The lowest BCUT2D eigenvalue weighted by Gasteiger charge is -2.12. The first-order chi connectivity index (χ1) is 13.1. The van der Waals surface area contributed by atoms with E-state index in [0.717, 1.165) is 6.42 Å². The van der Waals surface area contributed by atoms with E-state index >= 15 is 0 Å². The summed E-state index contributed by atoms with van der Waals surface area (Å²) in [5.41, 5.74) is 1.07. The predicted molar refractivity (Wildman–Crippen MR) is 107 cm³/mol. The lowest BCUT2D eigenvalue weighted by Crippen LogP contribution is -2.13. The van der Waals surface area contributed by atoms with E-state index in [9.17, 15) is 10.1 Å². The zero-order chi connectivity index (χ0) is 19.6. The van der Waals surface area contributed by atoms with Gasteiger partial charge in [-0.3, -0.25) is 4.79 Å². The van der Waals surface area contributed by atoms with Crippen LogP contribution in [0.2, 0.25) is 5.02 Å². The van der Waals surface area contributed by atoms with Crippen molar-refractivity contribution in [3.8, 4) is 17.6 Å². The molecule has 6 heteroatoms. The highest BCUT2D eigenvalue weighted by Gasteiger charge is 2.12. The van der Waals surface area contributed by atoms with Crippen LogP contribution >= 0.6 is 11.6 Å². The normalized spacial score (nSPS) is 10.8. The van der Waals surface area contributed by atoms with Crippen LogP contribution in [-0.4, -0.2) is 19.1 Å². The molecule has 1 N–H and O–H groups in total. The first kappa shape index (κ1) is 20.3. The van der Waals surface area contributed by atoms with Crippen molar-refractivity contribution >= 4 is 29.3 Å². The molecule has 0 unspecified atom stereocenters. The Hall–Kier alpha value is -2.97. The van der Waals surface area contributed by atoms with Gasteiger partial charge in [0.2, 0.25) is 0 Å². The summed E-state index contributed by atoms with van der Waals surface area (Å²) in [5.74, 6) is 0.674. The van der Waals surface area contributed by atoms with E-state index in [1.165, 1.54) is 6.08 Å². The van der Waals surface area contributed by atoms with Gasteiger partial charge in [0.25, 0.3) is 5.91 Å². The van der Waals surface area contributed by atoms with Gasteiger partial charge in [-0.15, -0.1) is 0 Å². The van der Waals surface area contributed by atoms with Crippen molar-refractivity contribution in [1.82, 2.24) is 0 Å². The summed E-state index contributed by atoms with van der Waals surface area (Å²) in [6, 6.07) is 14.1. The number of carbonyl (C=O) groups is 1. The van der Waals surface area contributed by atoms with Gasteiger partial charge in [-0.1, -0.05) is 36.7 Å².